The number of fused-ring (bicyclic) bond motifs is 3. The molecule has 1 heterocycles. The van der Waals surface area contributed by atoms with Gasteiger partial charge in [0.15, 0.2) is 5.78 Å². The van der Waals surface area contributed by atoms with Crippen molar-refractivity contribution in [3.8, 4) is 11.3 Å². The topological polar surface area (TPSA) is 50.2 Å². The summed E-state index contributed by atoms with van der Waals surface area (Å²) < 4.78 is 14.0. The first-order chi connectivity index (χ1) is 16.7. The summed E-state index contributed by atoms with van der Waals surface area (Å²) in [6.45, 7) is 15.2. The number of allylic oxidation sites excluding steroid dienone is 2. The Morgan fingerprint density at radius 2 is 1.51 bits per heavy atom. The van der Waals surface area contributed by atoms with Crippen LogP contribution in [0.5, 0.6) is 0 Å². The Morgan fingerprint density at radius 1 is 0.892 bits per heavy atom. The number of hydrogen-bond donors (Lipinski definition) is 1. The molecule has 1 aromatic heterocycles. The minimum atomic E-state index is -0.417. The Hall–Kier alpha value is -2.88. The van der Waals surface area contributed by atoms with Gasteiger partial charge in [-0.25, -0.2) is 4.39 Å². The van der Waals surface area contributed by atoms with Gasteiger partial charge in [-0.1, -0.05) is 79.7 Å². The normalized spacial score (nSPS) is 12.1. The second-order valence-electron chi connectivity index (χ2n) is 11.3. The van der Waals surface area contributed by atoms with Gasteiger partial charge in [0, 0.05) is 48.6 Å². The smallest absolute Gasteiger partial charge is 0.164 e. The number of halogens is 1. The van der Waals surface area contributed by atoms with Gasteiger partial charge in [0.05, 0.1) is 0 Å². The van der Waals surface area contributed by atoms with Crippen LogP contribution in [-0.4, -0.2) is 15.9 Å². The number of aliphatic hydroxyl groups is 1. The first-order valence-corrected chi connectivity index (χ1v) is 12.1. The molecule has 0 unspecified atom stereocenters. The van der Waals surface area contributed by atoms with E-state index in [9.17, 15) is 14.3 Å². The molecule has 0 saturated heterocycles. The minimum Gasteiger partial charge on any atom is -0.512 e. The Kier molecular flexibility index (Phi) is 9.57. The maximum absolute atomic E-state index is 14.0. The fourth-order valence-corrected chi connectivity index (χ4v) is 3.78. The zero-order valence-electron chi connectivity index (χ0n) is 22.8. The molecule has 0 saturated carbocycles. The van der Waals surface area contributed by atoms with Crippen LogP contribution in [0.4, 0.5) is 4.39 Å². The Bertz CT molecular complexity index is 1440. The standard InChI is InChI=1S/C21H15FN.C11H20O2.Ir/c1-13-10-14(2)12-15(11-13)21-19-7-6-18-16(4-3-5-20(18)22)17(19)8-9-23-21;1-10(2,3)8(12)7-9(13)11(4,5)6;/h3-11H,1-2H3;7,12H,1-6H3;/q-1;;. The Labute approximate surface area is 233 Å². The average Bonchev–Trinajstić information content (AvgIpc) is 2.77. The molecule has 3 nitrogen and oxygen atoms in total. The van der Waals surface area contributed by atoms with E-state index in [1.165, 1.54) is 17.7 Å². The molecule has 197 valence electrons. The van der Waals surface area contributed by atoms with E-state index in [1.54, 1.807) is 12.3 Å². The van der Waals surface area contributed by atoms with Gasteiger partial charge in [0.1, 0.15) is 11.6 Å². The second kappa shape index (κ2) is 11.7. The van der Waals surface area contributed by atoms with Crippen molar-refractivity contribution in [1.29, 1.82) is 0 Å². The summed E-state index contributed by atoms with van der Waals surface area (Å²) in [6.07, 6.45) is 3.12. The fraction of sp³-hybridized carbons (Fsp3) is 0.312. The molecule has 3 aromatic carbocycles. The van der Waals surface area contributed by atoms with Gasteiger partial charge >= 0.3 is 0 Å². The predicted molar refractivity (Wildman–Crippen MR) is 148 cm³/mol. The summed E-state index contributed by atoms with van der Waals surface area (Å²) >= 11 is 0. The van der Waals surface area contributed by atoms with Crippen molar-refractivity contribution in [2.24, 2.45) is 10.8 Å². The van der Waals surface area contributed by atoms with E-state index in [0.717, 1.165) is 33.0 Å². The first-order valence-electron chi connectivity index (χ1n) is 12.1. The van der Waals surface area contributed by atoms with Crippen LogP contribution in [0, 0.1) is 36.6 Å². The van der Waals surface area contributed by atoms with E-state index in [2.05, 4.69) is 30.1 Å². The van der Waals surface area contributed by atoms with E-state index >= 15 is 0 Å². The van der Waals surface area contributed by atoms with Crippen LogP contribution in [0.2, 0.25) is 0 Å². The SMILES string of the molecule is CC(C)(C)C(=O)C=C(O)C(C)(C)C.Cc1[c-]c(-c2nccc3c2ccc2c(F)cccc23)cc(C)c1.[Ir]. The van der Waals surface area contributed by atoms with Gasteiger partial charge in [0.25, 0.3) is 0 Å². The molecular weight excluding hydrogens is 642 g/mol. The molecule has 0 atom stereocenters. The molecule has 4 rings (SSSR count). The van der Waals surface area contributed by atoms with Crippen molar-refractivity contribution >= 4 is 27.3 Å². The van der Waals surface area contributed by atoms with Crippen molar-refractivity contribution in [3.05, 3.63) is 89.6 Å². The summed E-state index contributed by atoms with van der Waals surface area (Å²) in [5.74, 6) is -0.0897. The molecule has 5 heteroatoms. The number of pyridine rings is 1. The van der Waals surface area contributed by atoms with Gasteiger partial charge in [-0.3, -0.25) is 4.79 Å². The van der Waals surface area contributed by atoms with Gasteiger partial charge in [-0.15, -0.1) is 34.9 Å². The summed E-state index contributed by atoms with van der Waals surface area (Å²) in [6, 6.07) is 18.5. The van der Waals surface area contributed by atoms with Crippen LogP contribution < -0.4 is 0 Å². The van der Waals surface area contributed by atoms with Gasteiger partial charge in [-0.2, -0.15) is 0 Å². The number of aromatic nitrogens is 1. The average molecular weight is 677 g/mol. The summed E-state index contributed by atoms with van der Waals surface area (Å²) in [7, 11) is 0. The Morgan fingerprint density at radius 3 is 2.11 bits per heavy atom. The number of aryl methyl sites for hydroxylation is 2. The molecule has 0 bridgehead atoms. The number of aliphatic hydroxyl groups excluding tert-OH is 1. The fourth-order valence-electron chi connectivity index (χ4n) is 3.78. The summed E-state index contributed by atoms with van der Waals surface area (Å²) in [5, 5.41) is 13.1. The van der Waals surface area contributed by atoms with Crippen LogP contribution in [0.25, 0.3) is 32.8 Å². The number of hydrogen-bond acceptors (Lipinski definition) is 3. The van der Waals surface area contributed by atoms with E-state index in [1.807, 2.05) is 72.7 Å². The molecule has 0 amide bonds. The number of ketones is 1. The maximum Gasteiger partial charge on any atom is 0.164 e. The Balaban J connectivity index is 0.000000299. The van der Waals surface area contributed by atoms with E-state index in [-0.39, 0.29) is 42.9 Å². The van der Waals surface area contributed by atoms with Crippen molar-refractivity contribution in [2.75, 3.05) is 0 Å². The third kappa shape index (κ3) is 7.34. The molecule has 37 heavy (non-hydrogen) atoms. The van der Waals surface area contributed by atoms with Gasteiger partial charge in [-0.05, 0) is 34.0 Å². The van der Waals surface area contributed by atoms with Gasteiger partial charge in [0.2, 0.25) is 0 Å². The third-order valence-electron chi connectivity index (χ3n) is 5.93. The van der Waals surface area contributed by atoms with Crippen LogP contribution in [0.3, 0.4) is 0 Å². The zero-order valence-corrected chi connectivity index (χ0v) is 25.2. The van der Waals surface area contributed by atoms with Crippen molar-refractivity contribution in [3.63, 3.8) is 0 Å². The largest absolute Gasteiger partial charge is 0.512 e. The van der Waals surface area contributed by atoms with Gasteiger partial charge < -0.3 is 10.1 Å². The summed E-state index contributed by atoms with van der Waals surface area (Å²) in [5.41, 5.74) is 3.37. The molecule has 1 radical (unpaired) electrons. The first kappa shape index (κ1) is 30.3. The minimum absolute atomic E-state index is 0. The van der Waals surface area contributed by atoms with Crippen LogP contribution in [0.1, 0.15) is 52.7 Å². The number of nitrogens with zero attached hydrogens (tertiary/aromatic N) is 1. The summed E-state index contributed by atoms with van der Waals surface area (Å²) in [4.78, 5) is 16.0. The third-order valence-corrected chi connectivity index (χ3v) is 5.93. The molecule has 0 aliphatic rings. The van der Waals surface area contributed by atoms with Crippen LogP contribution >= 0.6 is 0 Å². The van der Waals surface area contributed by atoms with Crippen LogP contribution in [0.15, 0.2) is 66.6 Å². The maximum atomic E-state index is 14.0. The van der Waals surface area contributed by atoms with Crippen molar-refractivity contribution < 1.29 is 34.4 Å². The van der Waals surface area contributed by atoms with E-state index < -0.39 is 5.41 Å². The number of rotatable bonds is 2. The molecule has 4 aromatic rings. The second-order valence-corrected chi connectivity index (χ2v) is 11.3. The quantitative estimate of drug-likeness (QED) is 0.100. The zero-order chi connectivity index (χ0) is 26.8. The van der Waals surface area contributed by atoms with Crippen LogP contribution in [-0.2, 0) is 24.9 Å². The molecule has 0 aliphatic carbocycles. The molecule has 0 spiro atoms. The number of benzene rings is 3. The van der Waals surface area contributed by atoms with Crippen molar-refractivity contribution in [1.82, 2.24) is 4.98 Å². The number of carbonyl (C=O) groups excluding carboxylic acids is 1. The van der Waals surface area contributed by atoms with E-state index in [4.69, 9.17) is 0 Å². The number of carbonyl (C=O) groups is 1. The monoisotopic (exact) mass is 677 g/mol. The molecule has 0 fully saturated rings. The van der Waals surface area contributed by atoms with Crippen molar-refractivity contribution in [2.45, 2.75) is 55.4 Å². The molecule has 1 N–H and O–H groups in total. The van der Waals surface area contributed by atoms with E-state index in [0.29, 0.717) is 5.39 Å². The predicted octanol–water partition coefficient (Wildman–Crippen LogP) is 8.70. The molecule has 0 aliphatic heterocycles. The molecular formula is C32H35FIrNO2-.